The summed E-state index contributed by atoms with van der Waals surface area (Å²) in [5.74, 6) is 3.30. The van der Waals surface area contributed by atoms with E-state index < -0.39 is 0 Å². The lowest BCUT2D eigenvalue weighted by molar-refractivity contribution is 0.308. The van der Waals surface area contributed by atoms with Gasteiger partial charge >= 0.3 is 0 Å². The largest absolute Gasteiger partial charge is 0.493 e. The fourth-order valence-electron chi connectivity index (χ4n) is 4.52. The number of anilines is 2. The van der Waals surface area contributed by atoms with Crippen molar-refractivity contribution < 1.29 is 9.47 Å². The van der Waals surface area contributed by atoms with Crippen LogP contribution in [0.5, 0.6) is 11.5 Å². The summed E-state index contributed by atoms with van der Waals surface area (Å²) in [4.78, 5) is 24.0. The highest BCUT2D eigenvalue weighted by Crippen LogP contribution is 2.34. The molecule has 0 unspecified atom stereocenters. The Bertz CT molecular complexity index is 1180. The number of thioether (sulfide) groups is 1. The van der Waals surface area contributed by atoms with Gasteiger partial charge in [-0.3, -0.25) is 0 Å². The van der Waals surface area contributed by atoms with E-state index in [1.165, 1.54) is 0 Å². The second-order valence-corrected chi connectivity index (χ2v) is 10.2. The van der Waals surface area contributed by atoms with E-state index in [4.69, 9.17) is 29.5 Å². The van der Waals surface area contributed by atoms with Gasteiger partial charge in [0.2, 0.25) is 11.9 Å². The lowest BCUT2D eigenvalue weighted by Crippen LogP contribution is -2.47. The first-order valence-corrected chi connectivity index (χ1v) is 13.7. The van der Waals surface area contributed by atoms with Gasteiger partial charge in [0.1, 0.15) is 5.03 Å². The van der Waals surface area contributed by atoms with Crippen LogP contribution >= 0.6 is 11.8 Å². The van der Waals surface area contributed by atoms with Gasteiger partial charge in [-0.05, 0) is 44.6 Å². The number of hydrogen-bond donors (Lipinski definition) is 0. The molecule has 0 N–H and O–H groups in total. The SMILES string of the molecule is COc1ccc(-c2cc(SC)n(-c3nc(N4CCN(C)CC4)nc(N4CCN(C)CC4)n3)n2)cc1OC. The van der Waals surface area contributed by atoms with Gasteiger partial charge in [-0.1, -0.05) is 0 Å². The first-order valence-electron chi connectivity index (χ1n) is 12.5. The van der Waals surface area contributed by atoms with Crippen LogP contribution in [0.2, 0.25) is 0 Å². The molecule has 4 heterocycles. The summed E-state index contributed by atoms with van der Waals surface area (Å²) in [6, 6.07) is 7.87. The third-order valence-electron chi connectivity index (χ3n) is 6.93. The van der Waals surface area contributed by atoms with Gasteiger partial charge in [0.15, 0.2) is 11.5 Å². The number of methoxy groups -OCH3 is 2. The van der Waals surface area contributed by atoms with Crippen LogP contribution in [0, 0.1) is 0 Å². The summed E-state index contributed by atoms with van der Waals surface area (Å²) >= 11 is 1.61. The molecule has 3 aromatic rings. The Morgan fingerprint density at radius 1 is 0.703 bits per heavy atom. The van der Waals surface area contributed by atoms with Gasteiger partial charge in [-0.2, -0.15) is 24.7 Å². The van der Waals surface area contributed by atoms with Gasteiger partial charge < -0.3 is 29.1 Å². The quantitative estimate of drug-likeness (QED) is 0.424. The Morgan fingerprint density at radius 2 is 1.24 bits per heavy atom. The molecule has 0 aliphatic carbocycles. The van der Waals surface area contributed by atoms with Crippen LogP contribution in [-0.4, -0.2) is 121 Å². The standard InChI is InChI=1S/C25H35N9O2S/c1-30-8-12-32(13-9-30)23-26-24(33-14-10-31(2)11-15-33)28-25(27-23)34-22(37-5)17-19(29-34)18-6-7-20(35-3)21(16-18)36-4/h6-7,16-17H,8-15H2,1-5H3. The monoisotopic (exact) mass is 525 g/mol. The second kappa shape index (κ2) is 11.1. The molecule has 0 radical (unpaired) electrons. The van der Waals surface area contributed by atoms with Gasteiger partial charge in [-0.15, -0.1) is 11.8 Å². The van der Waals surface area contributed by atoms with Crippen molar-refractivity contribution in [2.45, 2.75) is 5.03 Å². The van der Waals surface area contributed by atoms with E-state index in [-0.39, 0.29) is 0 Å². The minimum atomic E-state index is 0.536. The number of piperazine rings is 2. The second-order valence-electron chi connectivity index (χ2n) is 9.37. The average molecular weight is 526 g/mol. The van der Waals surface area contributed by atoms with Gasteiger partial charge in [0.25, 0.3) is 5.95 Å². The summed E-state index contributed by atoms with van der Waals surface area (Å²) < 4.78 is 12.7. The Morgan fingerprint density at radius 3 is 1.76 bits per heavy atom. The van der Waals surface area contributed by atoms with E-state index in [9.17, 15) is 0 Å². The first kappa shape index (κ1) is 25.6. The highest BCUT2D eigenvalue weighted by Gasteiger charge is 2.24. The van der Waals surface area contributed by atoms with Crippen molar-refractivity contribution in [2.75, 3.05) is 96.7 Å². The van der Waals surface area contributed by atoms with E-state index in [1.54, 1.807) is 26.0 Å². The highest BCUT2D eigenvalue weighted by atomic mass is 32.2. The average Bonchev–Trinajstić information content (AvgIpc) is 3.38. The molecule has 0 amide bonds. The summed E-state index contributed by atoms with van der Waals surface area (Å²) in [6.45, 7) is 7.44. The van der Waals surface area contributed by atoms with Crippen molar-refractivity contribution in [3.63, 3.8) is 0 Å². The van der Waals surface area contributed by atoms with E-state index >= 15 is 0 Å². The summed E-state index contributed by atoms with van der Waals surface area (Å²) in [5, 5.41) is 5.89. The minimum Gasteiger partial charge on any atom is -0.493 e. The molecule has 2 aliphatic rings. The minimum absolute atomic E-state index is 0.536. The molecule has 2 aromatic heterocycles. The molecule has 12 heteroatoms. The molecule has 2 saturated heterocycles. The Labute approximate surface area is 222 Å². The zero-order valence-corrected chi connectivity index (χ0v) is 23.0. The van der Waals surface area contributed by atoms with E-state index in [0.717, 1.165) is 68.6 Å². The molecule has 2 fully saturated rings. The molecule has 198 valence electrons. The van der Waals surface area contributed by atoms with Crippen molar-refractivity contribution in [1.82, 2.24) is 34.5 Å². The van der Waals surface area contributed by atoms with Crippen LogP contribution in [0.15, 0.2) is 29.3 Å². The molecule has 1 aromatic carbocycles. The third-order valence-corrected chi connectivity index (χ3v) is 7.64. The maximum absolute atomic E-state index is 5.51. The Hall–Kier alpha value is -3.09. The lowest BCUT2D eigenvalue weighted by atomic mass is 10.1. The van der Waals surface area contributed by atoms with Gasteiger partial charge in [0.05, 0.1) is 19.9 Å². The molecule has 0 saturated carbocycles. The molecule has 37 heavy (non-hydrogen) atoms. The maximum atomic E-state index is 5.51. The summed E-state index contributed by atoms with van der Waals surface area (Å²) in [7, 11) is 7.57. The van der Waals surface area contributed by atoms with Crippen LogP contribution in [0.1, 0.15) is 0 Å². The summed E-state index contributed by atoms with van der Waals surface area (Å²) in [5.41, 5.74) is 1.74. The fourth-order valence-corrected chi connectivity index (χ4v) is 5.05. The predicted octanol–water partition coefficient (Wildman–Crippen LogP) is 1.97. The number of rotatable bonds is 7. The van der Waals surface area contributed by atoms with Crippen LogP contribution in [0.3, 0.4) is 0 Å². The molecule has 0 bridgehead atoms. The first-order chi connectivity index (χ1) is 18.0. The summed E-state index contributed by atoms with van der Waals surface area (Å²) in [6.07, 6.45) is 2.04. The van der Waals surface area contributed by atoms with Gasteiger partial charge in [-0.25, -0.2) is 0 Å². The van der Waals surface area contributed by atoms with Crippen molar-refractivity contribution in [2.24, 2.45) is 0 Å². The number of ether oxygens (including phenoxy) is 2. The molecular formula is C25H35N9O2S. The Balaban J connectivity index is 1.55. The predicted molar refractivity (Wildman–Crippen MR) is 147 cm³/mol. The van der Waals surface area contributed by atoms with E-state index in [2.05, 4.69) is 39.8 Å². The fraction of sp³-hybridized carbons (Fsp3) is 0.520. The van der Waals surface area contributed by atoms with Crippen molar-refractivity contribution in [3.05, 3.63) is 24.3 Å². The molecule has 11 nitrogen and oxygen atoms in total. The van der Waals surface area contributed by atoms with E-state index in [1.807, 2.05) is 29.1 Å². The third kappa shape index (κ3) is 5.46. The number of likely N-dealkylation sites (N-methyl/N-ethyl adjacent to an activating group) is 2. The number of hydrogen-bond acceptors (Lipinski definition) is 11. The molecule has 2 aliphatic heterocycles. The Kier molecular flexibility index (Phi) is 7.68. The highest BCUT2D eigenvalue weighted by molar-refractivity contribution is 7.98. The molecular weight excluding hydrogens is 490 g/mol. The number of nitrogens with zero attached hydrogens (tertiary/aromatic N) is 9. The maximum Gasteiger partial charge on any atom is 0.258 e. The number of benzene rings is 1. The number of aromatic nitrogens is 5. The van der Waals surface area contributed by atoms with Crippen LogP contribution < -0.4 is 19.3 Å². The lowest BCUT2D eigenvalue weighted by Gasteiger charge is -2.34. The van der Waals surface area contributed by atoms with Crippen molar-refractivity contribution >= 4 is 23.7 Å². The molecule has 0 atom stereocenters. The van der Waals surface area contributed by atoms with Crippen LogP contribution in [0.4, 0.5) is 11.9 Å². The van der Waals surface area contributed by atoms with Gasteiger partial charge in [0, 0.05) is 57.9 Å². The zero-order chi connectivity index (χ0) is 25.9. The van der Waals surface area contributed by atoms with Crippen LogP contribution in [0.25, 0.3) is 17.2 Å². The smallest absolute Gasteiger partial charge is 0.258 e. The molecule has 5 rings (SSSR count). The topological polar surface area (TPSA) is 87.9 Å². The normalized spacial score (nSPS) is 17.3. The van der Waals surface area contributed by atoms with Crippen molar-refractivity contribution in [3.8, 4) is 28.7 Å². The van der Waals surface area contributed by atoms with E-state index in [0.29, 0.717) is 29.3 Å². The van der Waals surface area contributed by atoms with Crippen molar-refractivity contribution in [1.29, 1.82) is 0 Å². The molecule has 0 spiro atoms. The van der Waals surface area contributed by atoms with Crippen LogP contribution in [-0.2, 0) is 0 Å². The zero-order valence-electron chi connectivity index (χ0n) is 22.2.